The van der Waals surface area contributed by atoms with Crippen molar-refractivity contribution in [1.82, 2.24) is 19.8 Å². The van der Waals surface area contributed by atoms with E-state index in [1.807, 2.05) is 0 Å². The lowest BCUT2D eigenvalue weighted by molar-refractivity contribution is 0.0726. The fourth-order valence-electron chi connectivity index (χ4n) is 3.52. The van der Waals surface area contributed by atoms with Crippen LogP contribution in [0.3, 0.4) is 0 Å². The van der Waals surface area contributed by atoms with Crippen LogP contribution in [-0.2, 0) is 10.0 Å². The summed E-state index contributed by atoms with van der Waals surface area (Å²) in [6, 6.07) is 1.75. The monoisotopic (exact) mass is 352 g/mol. The molecule has 0 aromatic carbocycles. The fraction of sp³-hybridized carbons (Fsp3) is 0.688. The third-order valence-electron chi connectivity index (χ3n) is 4.81. The molecule has 1 saturated carbocycles. The molecule has 24 heavy (non-hydrogen) atoms. The number of carbonyl (C=O) groups excluding carboxylic acids is 1. The molecule has 1 amide bonds. The van der Waals surface area contributed by atoms with E-state index < -0.39 is 15.3 Å². The topological polar surface area (TPSA) is 92.3 Å². The van der Waals surface area contributed by atoms with E-state index in [4.69, 9.17) is 0 Å². The molecule has 2 heterocycles. The second kappa shape index (κ2) is 7.14. The normalized spacial score (nSPS) is 22.7. The van der Waals surface area contributed by atoms with Crippen LogP contribution in [0.5, 0.6) is 0 Å². The van der Waals surface area contributed by atoms with Crippen LogP contribution >= 0.6 is 0 Å². The average Bonchev–Trinajstić information content (AvgIpc) is 3.06. The van der Waals surface area contributed by atoms with E-state index in [1.165, 1.54) is 6.20 Å². The zero-order valence-electron chi connectivity index (χ0n) is 13.9. The van der Waals surface area contributed by atoms with Gasteiger partial charge < -0.3 is 4.90 Å². The Morgan fingerprint density at radius 3 is 2.71 bits per heavy atom. The van der Waals surface area contributed by atoms with Gasteiger partial charge in [0.2, 0.25) is 10.0 Å². The van der Waals surface area contributed by atoms with Gasteiger partial charge in [0.15, 0.2) is 0 Å². The first-order valence-electron chi connectivity index (χ1n) is 8.55. The number of nitrogens with zero attached hydrogens (tertiary/aromatic N) is 3. The van der Waals surface area contributed by atoms with Gasteiger partial charge >= 0.3 is 0 Å². The lowest BCUT2D eigenvalue weighted by Crippen LogP contribution is -2.50. The average molecular weight is 352 g/mol. The number of piperidine rings is 1. The number of aryl methyl sites for hydroxylation is 1. The van der Waals surface area contributed by atoms with Crippen molar-refractivity contribution in [1.29, 1.82) is 0 Å². The van der Waals surface area contributed by atoms with Gasteiger partial charge in [0.1, 0.15) is 0 Å². The van der Waals surface area contributed by atoms with E-state index >= 15 is 0 Å². The number of hydrogen-bond donors (Lipinski definition) is 1. The van der Waals surface area contributed by atoms with Gasteiger partial charge in [-0.1, -0.05) is 12.8 Å². The first-order chi connectivity index (χ1) is 11.5. The van der Waals surface area contributed by atoms with Crippen molar-refractivity contribution in [3.63, 3.8) is 0 Å². The number of aromatic nitrogens is 2. The summed E-state index contributed by atoms with van der Waals surface area (Å²) in [5, 5.41) is 7.13. The van der Waals surface area contributed by atoms with Crippen LogP contribution in [0.1, 0.15) is 54.6 Å². The molecule has 1 aromatic heterocycles. The molecule has 132 valence electrons. The lowest BCUT2D eigenvalue weighted by Gasteiger charge is -2.33. The molecule has 1 saturated heterocycles. The summed E-state index contributed by atoms with van der Waals surface area (Å²) >= 11 is 0. The Hall–Kier alpha value is -1.54. The minimum absolute atomic E-state index is 0.0631. The van der Waals surface area contributed by atoms with Gasteiger partial charge in [-0.3, -0.25) is 4.79 Å². The van der Waals surface area contributed by atoms with Gasteiger partial charge in [0, 0.05) is 19.1 Å². The maximum absolute atomic E-state index is 12.6. The molecular weight excluding hydrogens is 328 g/mol. The third-order valence-corrected chi connectivity index (χ3v) is 6.74. The fourth-order valence-corrected chi connectivity index (χ4v) is 5.27. The molecule has 2 fully saturated rings. The Kier molecular flexibility index (Phi) is 5.15. The van der Waals surface area contributed by atoms with E-state index in [-0.39, 0.29) is 18.5 Å². The van der Waals surface area contributed by atoms with Crippen LogP contribution in [0.4, 0.5) is 0 Å². The van der Waals surface area contributed by atoms with Crippen molar-refractivity contribution < 1.29 is 13.2 Å². The van der Waals surface area contributed by atoms with Crippen LogP contribution < -0.4 is 4.72 Å². The van der Waals surface area contributed by atoms with Crippen LogP contribution in [0.2, 0.25) is 0 Å². The van der Waals surface area contributed by atoms with Gasteiger partial charge in [-0.25, -0.2) is 13.1 Å². The first kappa shape index (κ1) is 17.3. The van der Waals surface area contributed by atoms with E-state index in [2.05, 4.69) is 14.9 Å². The lowest BCUT2D eigenvalue weighted by atomic mass is 10.1. The maximum atomic E-state index is 12.6. The zero-order chi connectivity index (χ0) is 17.2. The number of rotatable bonds is 4. The summed E-state index contributed by atoms with van der Waals surface area (Å²) in [7, 11) is -3.40. The largest absolute Gasteiger partial charge is 0.337 e. The number of likely N-dealkylation sites (tertiary alicyclic amines) is 1. The Bertz CT molecular complexity index is 701. The van der Waals surface area contributed by atoms with Crippen LogP contribution in [0.25, 0.3) is 0 Å². The van der Waals surface area contributed by atoms with E-state index in [1.54, 1.807) is 17.9 Å². The summed E-state index contributed by atoms with van der Waals surface area (Å²) < 4.78 is 28.1. The molecule has 1 N–H and O–H groups in total. The minimum Gasteiger partial charge on any atom is -0.337 e. The molecule has 0 radical (unpaired) electrons. The van der Waals surface area contributed by atoms with Crippen LogP contribution in [0, 0.1) is 6.92 Å². The Morgan fingerprint density at radius 2 is 2.00 bits per heavy atom. The summed E-state index contributed by atoms with van der Waals surface area (Å²) in [6.45, 7) is 2.59. The number of nitrogens with one attached hydrogen (secondary N) is 1. The van der Waals surface area contributed by atoms with E-state index in [9.17, 15) is 13.2 Å². The highest BCUT2D eigenvalue weighted by molar-refractivity contribution is 7.90. The SMILES string of the molecule is Cc1cc(C(=O)N2CCCC(S(=O)(=O)NC3CCCC3)C2)cnn1. The van der Waals surface area contributed by atoms with Gasteiger partial charge in [-0.15, -0.1) is 0 Å². The van der Waals surface area contributed by atoms with Gasteiger partial charge in [-0.05, 0) is 38.7 Å². The Balaban J connectivity index is 1.68. The molecule has 1 aliphatic carbocycles. The smallest absolute Gasteiger partial charge is 0.255 e. The van der Waals surface area contributed by atoms with Gasteiger partial charge in [-0.2, -0.15) is 10.2 Å². The van der Waals surface area contributed by atoms with E-state index in [0.717, 1.165) is 25.7 Å². The number of carbonyl (C=O) groups is 1. The second-order valence-electron chi connectivity index (χ2n) is 6.75. The molecule has 1 aromatic rings. The molecule has 0 bridgehead atoms. The molecule has 1 aliphatic heterocycles. The molecule has 7 nitrogen and oxygen atoms in total. The highest BCUT2D eigenvalue weighted by Gasteiger charge is 2.34. The zero-order valence-corrected chi connectivity index (χ0v) is 14.8. The molecule has 1 unspecified atom stereocenters. The highest BCUT2D eigenvalue weighted by atomic mass is 32.2. The van der Waals surface area contributed by atoms with Crippen molar-refractivity contribution in [2.75, 3.05) is 13.1 Å². The molecular formula is C16H24N4O3S. The highest BCUT2D eigenvalue weighted by Crippen LogP contribution is 2.23. The number of amides is 1. The van der Waals surface area contributed by atoms with Crippen molar-refractivity contribution in [2.45, 2.75) is 56.7 Å². The Labute approximate surface area is 142 Å². The number of sulfonamides is 1. The first-order valence-corrected chi connectivity index (χ1v) is 10.1. The predicted octanol–water partition coefficient (Wildman–Crippen LogP) is 1.25. The quantitative estimate of drug-likeness (QED) is 0.880. The summed E-state index contributed by atoms with van der Waals surface area (Å²) in [4.78, 5) is 14.2. The van der Waals surface area contributed by atoms with Crippen molar-refractivity contribution in [3.8, 4) is 0 Å². The maximum Gasteiger partial charge on any atom is 0.255 e. The Morgan fingerprint density at radius 1 is 1.25 bits per heavy atom. The minimum atomic E-state index is -3.40. The van der Waals surface area contributed by atoms with Gasteiger partial charge in [0.25, 0.3) is 5.91 Å². The second-order valence-corrected chi connectivity index (χ2v) is 8.74. The molecule has 8 heteroatoms. The molecule has 1 atom stereocenters. The van der Waals surface area contributed by atoms with Crippen molar-refractivity contribution in [3.05, 3.63) is 23.5 Å². The molecule has 2 aliphatic rings. The predicted molar refractivity (Wildman–Crippen MR) is 90.0 cm³/mol. The summed E-state index contributed by atoms with van der Waals surface area (Å²) in [5.41, 5.74) is 1.13. The molecule has 3 rings (SSSR count). The standard InChI is InChI=1S/C16H24N4O3S/c1-12-9-13(10-17-18-12)16(21)20-8-4-7-15(11-20)24(22,23)19-14-5-2-3-6-14/h9-10,14-15,19H,2-8,11H2,1H3. The molecule has 0 spiro atoms. The van der Waals surface area contributed by atoms with Crippen LogP contribution in [-0.4, -0.2) is 53.8 Å². The van der Waals surface area contributed by atoms with Crippen molar-refractivity contribution in [2.24, 2.45) is 0 Å². The summed E-state index contributed by atoms with van der Waals surface area (Å²) in [5.74, 6) is -0.172. The van der Waals surface area contributed by atoms with Gasteiger partial charge in [0.05, 0.1) is 22.7 Å². The van der Waals surface area contributed by atoms with Crippen LogP contribution in [0.15, 0.2) is 12.3 Å². The third kappa shape index (κ3) is 3.92. The van der Waals surface area contributed by atoms with E-state index in [0.29, 0.717) is 30.6 Å². The van der Waals surface area contributed by atoms with Crippen molar-refractivity contribution >= 4 is 15.9 Å². The summed E-state index contributed by atoms with van der Waals surface area (Å²) in [6.07, 6.45) is 6.71. The number of hydrogen-bond acceptors (Lipinski definition) is 5.